The van der Waals surface area contributed by atoms with Crippen molar-refractivity contribution in [3.63, 3.8) is 0 Å². The fraction of sp³-hybridized carbons (Fsp3) is 0.400. The molecular formula is C20H23ClN2O3S. The van der Waals surface area contributed by atoms with E-state index < -0.39 is 0 Å². The van der Waals surface area contributed by atoms with Crippen molar-refractivity contribution in [2.75, 3.05) is 38.3 Å². The highest BCUT2D eigenvalue weighted by Gasteiger charge is 2.15. The minimum absolute atomic E-state index is 0.0384. The lowest BCUT2D eigenvalue weighted by Crippen LogP contribution is -2.36. The van der Waals surface area contributed by atoms with Gasteiger partial charge in [0, 0.05) is 45.2 Å². The molecule has 0 aliphatic carbocycles. The largest absolute Gasteiger partial charge is 0.378 e. The molecule has 3 rings (SSSR count). The Morgan fingerprint density at radius 3 is 2.44 bits per heavy atom. The Kier molecular flexibility index (Phi) is 6.88. The van der Waals surface area contributed by atoms with Gasteiger partial charge in [-0.3, -0.25) is 9.59 Å². The minimum atomic E-state index is -0.0386. The fourth-order valence-electron chi connectivity index (χ4n) is 2.99. The number of nitrogens with zero attached hydrogens (tertiary/aromatic N) is 2. The molecule has 1 saturated heterocycles. The highest BCUT2D eigenvalue weighted by molar-refractivity contribution is 7.18. The topological polar surface area (TPSA) is 49.9 Å². The summed E-state index contributed by atoms with van der Waals surface area (Å²) in [5.74, 6) is -0.0771. The first-order chi connectivity index (χ1) is 13.0. The first-order valence-electron chi connectivity index (χ1n) is 8.97. The summed E-state index contributed by atoms with van der Waals surface area (Å²) in [7, 11) is 1.77. The second-order valence-corrected chi connectivity index (χ2v) is 8.26. The summed E-state index contributed by atoms with van der Waals surface area (Å²) in [6.45, 7) is 3.86. The number of morpholine rings is 1. The number of benzene rings is 1. The highest BCUT2D eigenvalue weighted by Crippen LogP contribution is 2.23. The molecule has 2 aromatic rings. The molecule has 0 unspecified atom stereocenters. The lowest BCUT2D eigenvalue weighted by molar-refractivity contribution is -0.130. The van der Waals surface area contributed by atoms with E-state index in [2.05, 4.69) is 17.0 Å². The molecular weight excluding hydrogens is 384 g/mol. The summed E-state index contributed by atoms with van der Waals surface area (Å²) in [5.41, 5.74) is 2.25. The van der Waals surface area contributed by atoms with Crippen LogP contribution in [-0.4, -0.2) is 49.9 Å². The molecule has 5 nitrogen and oxygen atoms in total. The van der Waals surface area contributed by atoms with Crippen LogP contribution in [0.3, 0.4) is 0 Å². The first kappa shape index (κ1) is 19.9. The molecule has 2 heterocycles. The van der Waals surface area contributed by atoms with Gasteiger partial charge in [0.15, 0.2) is 5.78 Å². The van der Waals surface area contributed by atoms with Crippen LogP contribution in [0.5, 0.6) is 0 Å². The molecule has 0 spiro atoms. The molecule has 1 aliphatic rings. The zero-order chi connectivity index (χ0) is 19.2. The van der Waals surface area contributed by atoms with Crippen molar-refractivity contribution in [1.29, 1.82) is 0 Å². The van der Waals surface area contributed by atoms with Crippen LogP contribution in [0.25, 0.3) is 0 Å². The number of ether oxygens (including phenoxy) is 1. The molecule has 0 bridgehead atoms. The number of anilines is 1. The summed E-state index contributed by atoms with van der Waals surface area (Å²) in [4.78, 5) is 29.0. The van der Waals surface area contributed by atoms with Gasteiger partial charge in [-0.15, -0.1) is 11.3 Å². The Bertz CT molecular complexity index is 785. The Morgan fingerprint density at radius 1 is 1.11 bits per heavy atom. The number of Topliss-reactive ketones (excluding diaryl/α,β-unsaturated/α-hetero) is 1. The van der Waals surface area contributed by atoms with Crippen molar-refractivity contribution in [3.8, 4) is 0 Å². The van der Waals surface area contributed by atoms with Crippen LogP contribution in [0.1, 0.15) is 28.1 Å². The maximum Gasteiger partial charge on any atom is 0.223 e. The summed E-state index contributed by atoms with van der Waals surface area (Å²) in [5, 5.41) is 0. The molecule has 0 radical (unpaired) electrons. The van der Waals surface area contributed by atoms with Crippen molar-refractivity contribution in [1.82, 2.24) is 4.90 Å². The smallest absolute Gasteiger partial charge is 0.223 e. The van der Waals surface area contributed by atoms with Gasteiger partial charge < -0.3 is 14.5 Å². The molecule has 1 aromatic carbocycles. The molecule has 144 valence electrons. The number of halogens is 1. The Labute approximate surface area is 168 Å². The quantitative estimate of drug-likeness (QED) is 0.655. The molecule has 1 aliphatic heterocycles. The van der Waals surface area contributed by atoms with Gasteiger partial charge in [-0.2, -0.15) is 0 Å². The minimum Gasteiger partial charge on any atom is -0.378 e. The van der Waals surface area contributed by atoms with Gasteiger partial charge in [-0.25, -0.2) is 0 Å². The lowest BCUT2D eigenvalue weighted by Gasteiger charge is -2.29. The third kappa shape index (κ3) is 5.54. The van der Waals surface area contributed by atoms with E-state index in [9.17, 15) is 9.59 Å². The van der Waals surface area contributed by atoms with Crippen molar-refractivity contribution in [3.05, 3.63) is 51.2 Å². The molecule has 0 atom stereocenters. The van der Waals surface area contributed by atoms with E-state index in [4.69, 9.17) is 16.3 Å². The van der Waals surface area contributed by atoms with Crippen LogP contribution in [0.2, 0.25) is 4.34 Å². The van der Waals surface area contributed by atoms with Crippen LogP contribution in [0, 0.1) is 0 Å². The van der Waals surface area contributed by atoms with Crippen LogP contribution in [0.15, 0.2) is 36.4 Å². The van der Waals surface area contributed by atoms with E-state index in [1.54, 1.807) is 24.1 Å². The fourth-order valence-corrected chi connectivity index (χ4v) is 4.00. The van der Waals surface area contributed by atoms with Crippen LogP contribution in [0.4, 0.5) is 5.69 Å². The predicted octanol–water partition coefficient (Wildman–Crippen LogP) is 3.86. The van der Waals surface area contributed by atoms with Gasteiger partial charge in [0.25, 0.3) is 0 Å². The maximum atomic E-state index is 12.3. The SMILES string of the molecule is CN(Cc1ccc(N2CCOCC2)cc1)C(=O)CCC(=O)c1ccc(Cl)s1. The van der Waals surface area contributed by atoms with Crippen molar-refractivity contribution in [2.24, 2.45) is 0 Å². The summed E-state index contributed by atoms with van der Waals surface area (Å²) >= 11 is 7.10. The summed E-state index contributed by atoms with van der Waals surface area (Å²) < 4.78 is 5.96. The Morgan fingerprint density at radius 2 is 1.81 bits per heavy atom. The highest BCUT2D eigenvalue weighted by atomic mass is 35.5. The first-order valence-corrected chi connectivity index (χ1v) is 10.2. The zero-order valence-electron chi connectivity index (χ0n) is 15.3. The molecule has 0 N–H and O–H groups in total. The zero-order valence-corrected chi connectivity index (χ0v) is 16.9. The van der Waals surface area contributed by atoms with Gasteiger partial charge in [0.1, 0.15) is 0 Å². The molecule has 1 amide bonds. The maximum absolute atomic E-state index is 12.3. The van der Waals surface area contributed by atoms with Gasteiger partial charge in [0.2, 0.25) is 5.91 Å². The van der Waals surface area contributed by atoms with E-state index in [1.165, 1.54) is 17.0 Å². The lowest BCUT2D eigenvalue weighted by atomic mass is 10.1. The molecule has 1 aromatic heterocycles. The number of carbonyl (C=O) groups is 2. The van der Waals surface area contributed by atoms with Crippen LogP contribution < -0.4 is 4.90 Å². The van der Waals surface area contributed by atoms with E-state index in [1.807, 2.05) is 12.1 Å². The van der Waals surface area contributed by atoms with E-state index in [0.29, 0.717) is 15.8 Å². The Hall–Kier alpha value is -1.89. The van der Waals surface area contributed by atoms with Gasteiger partial charge >= 0.3 is 0 Å². The van der Waals surface area contributed by atoms with Crippen LogP contribution in [-0.2, 0) is 16.1 Å². The monoisotopic (exact) mass is 406 g/mol. The third-order valence-corrected chi connectivity index (χ3v) is 5.84. The normalized spacial score (nSPS) is 14.2. The van der Waals surface area contributed by atoms with Gasteiger partial charge in [-0.05, 0) is 29.8 Å². The Balaban J connectivity index is 1.48. The number of hydrogen-bond donors (Lipinski definition) is 0. The second kappa shape index (κ2) is 9.35. The second-order valence-electron chi connectivity index (χ2n) is 6.54. The number of thiophene rings is 1. The molecule has 0 saturated carbocycles. The van der Waals surface area contributed by atoms with E-state index in [0.717, 1.165) is 31.9 Å². The molecule has 27 heavy (non-hydrogen) atoms. The number of rotatable bonds is 7. The average molecular weight is 407 g/mol. The van der Waals surface area contributed by atoms with Crippen LogP contribution >= 0.6 is 22.9 Å². The number of hydrogen-bond acceptors (Lipinski definition) is 5. The predicted molar refractivity (Wildman–Crippen MR) is 109 cm³/mol. The average Bonchev–Trinajstić information content (AvgIpc) is 3.13. The number of carbonyl (C=O) groups excluding carboxylic acids is 2. The molecule has 7 heteroatoms. The summed E-state index contributed by atoms with van der Waals surface area (Å²) in [6, 6.07) is 11.7. The number of ketones is 1. The van der Waals surface area contributed by atoms with Crippen molar-refractivity contribution < 1.29 is 14.3 Å². The van der Waals surface area contributed by atoms with E-state index >= 15 is 0 Å². The standard InChI is InChI=1S/C20H23ClN2O3S/c1-22(20(25)9-6-17(24)18-7-8-19(21)27-18)14-15-2-4-16(5-3-15)23-10-12-26-13-11-23/h2-5,7-8H,6,9-14H2,1H3. The summed E-state index contributed by atoms with van der Waals surface area (Å²) in [6.07, 6.45) is 0.409. The van der Waals surface area contributed by atoms with Crippen molar-refractivity contribution in [2.45, 2.75) is 19.4 Å². The van der Waals surface area contributed by atoms with Gasteiger partial charge in [0.05, 0.1) is 22.4 Å². The molecule has 1 fully saturated rings. The third-order valence-electron chi connectivity index (χ3n) is 4.57. The number of amides is 1. The van der Waals surface area contributed by atoms with E-state index in [-0.39, 0.29) is 24.5 Å². The van der Waals surface area contributed by atoms with Gasteiger partial charge in [-0.1, -0.05) is 23.7 Å². The van der Waals surface area contributed by atoms with Crippen molar-refractivity contribution >= 4 is 40.3 Å².